The van der Waals surface area contributed by atoms with Gasteiger partial charge in [0, 0.05) is 11.1 Å². The number of nitrogens with zero attached hydrogens (tertiary/aromatic N) is 2. The number of aromatic nitrogens is 1. The lowest BCUT2D eigenvalue weighted by Crippen LogP contribution is -2.29. The number of benzene rings is 3. The number of anilines is 1. The van der Waals surface area contributed by atoms with E-state index < -0.39 is 23.5 Å². The molecule has 3 aromatic carbocycles. The molecule has 0 bridgehead atoms. The van der Waals surface area contributed by atoms with E-state index in [4.69, 9.17) is 14.2 Å². The van der Waals surface area contributed by atoms with Crippen molar-refractivity contribution in [1.82, 2.24) is 4.98 Å². The molecule has 0 radical (unpaired) electrons. The van der Waals surface area contributed by atoms with Crippen LogP contribution >= 0.6 is 11.3 Å². The molecule has 194 valence electrons. The Balaban J connectivity index is 1.74. The van der Waals surface area contributed by atoms with Gasteiger partial charge in [0.2, 0.25) is 0 Å². The molecule has 10 heteroatoms. The van der Waals surface area contributed by atoms with Gasteiger partial charge < -0.3 is 19.3 Å². The Kier molecular flexibility index (Phi) is 6.73. The van der Waals surface area contributed by atoms with Crippen molar-refractivity contribution in [1.29, 1.82) is 0 Å². The van der Waals surface area contributed by atoms with Crippen molar-refractivity contribution in [2.45, 2.75) is 13.0 Å². The zero-order chi connectivity index (χ0) is 27.0. The maximum Gasteiger partial charge on any atom is 0.301 e. The number of aliphatic hydroxyl groups excluding tert-OH is 1. The van der Waals surface area contributed by atoms with Crippen LogP contribution < -0.4 is 19.1 Å². The smallest absolute Gasteiger partial charge is 0.301 e. The lowest BCUT2D eigenvalue weighted by Gasteiger charge is -2.25. The largest absolute Gasteiger partial charge is 0.507 e. The fourth-order valence-corrected chi connectivity index (χ4v) is 5.49. The minimum atomic E-state index is -1.10. The zero-order valence-corrected chi connectivity index (χ0v) is 21.5. The van der Waals surface area contributed by atoms with E-state index in [9.17, 15) is 19.1 Å². The molecule has 1 amide bonds. The number of Topliss-reactive ketones (excluding diaryl/α,β-unsaturated/α-hetero) is 1. The fraction of sp³-hybridized carbons (Fsp3) is 0.179. The minimum absolute atomic E-state index is 0.142. The summed E-state index contributed by atoms with van der Waals surface area (Å²) < 4.78 is 30.9. The Labute approximate surface area is 221 Å². The van der Waals surface area contributed by atoms with E-state index in [1.807, 2.05) is 6.92 Å². The Morgan fingerprint density at radius 1 is 1.08 bits per heavy atom. The van der Waals surface area contributed by atoms with Crippen molar-refractivity contribution in [2.75, 3.05) is 25.7 Å². The van der Waals surface area contributed by atoms with E-state index in [0.717, 1.165) is 11.3 Å². The molecule has 1 unspecified atom stereocenters. The molecule has 1 saturated heterocycles. The molecule has 0 spiro atoms. The second kappa shape index (κ2) is 10.1. The van der Waals surface area contributed by atoms with Crippen LogP contribution in [0.1, 0.15) is 24.1 Å². The van der Waals surface area contributed by atoms with Crippen molar-refractivity contribution >= 4 is 44.1 Å². The number of carbonyl (C=O) groups is 2. The van der Waals surface area contributed by atoms with Crippen LogP contribution in [0.4, 0.5) is 9.52 Å². The molecule has 1 aromatic heterocycles. The molecule has 8 nitrogen and oxygen atoms in total. The average molecular weight is 535 g/mol. The van der Waals surface area contributed by atoms with Gasteiger partial charge in [0.05, 0.1) is 36.6 Å². The Morgan fingerprint density at radius 2 is 1.84 bits per heavy atom. The van der Waals surface area contributed by atoms with Gasteiger partial charge in [-0.05, 0) is 55.5 Å². The summed E-state index contributed by atoms with van der Waals surface area (Å²) in [5.41, 5.74) is 1.06. The summed E-state index contributed by atoms with van der Waals surface area (Å²) in [7, 11) is 2.92. The predicted molar refractivity (Wildman–Crippen MR) is 142 cm³/mol. The number of hydrogen-bond donors (Lipinski definition) is 1. The third kappa shape index (κ3) is 4.22. The van der Waals surface area contributed by atoms with Crippen LogP contribution in [0.5, 0.6) is 17.2 Å². The van der Waals surface area contributed by atoms with Gasteiger partial charge in [-0.25, -0.2) is 9.37 Å². The quantitative estimate of drug-likeness (QED) is 0.191. The van der Waals surface area contributed by atoms with Crippen molar-refractivity contribution in [3.8, 4) is 17.2 Å². The lowest BCUT2D eigenvalue weighted by molar-refractivity contribution is -0.132. The molecule has 1 N–H and O–H groups in total. The number of amides is 1. The van der Waals surface area contributed by atoms with Crippen LogP contribution in [0, 0.1) is 5.82 Å². The number of ether oxygens (including phenoxy) is 3. The SMILES string of the molecule is CCOc1ccc(C(O)=C2C(=O)C(=O)N(c3nc4ccc(F)cc4s3)C2c2cccc(OC)c2OC)cc1. The summed E-state index contributed by atoms with van der Waals surface area (Å²) in [4.78, 5) is 32.7. The first-order valence-corrected chi connectivity index (χ1v) is 12.5. The molecular formula is C28H23FN2O6S. The summed E-state index contributed by atoms with van der Waals surface area (Å²) in [6.45, 7) is 2.32. The Morgan fingerprint density at radius 3 is 2.53 bits per heavy atom. The maximum atomic E-state index is 13.9. The molecule has 1 aliphatic rings. The lowest BCUT2D eigenvalue weighted by atomic mass is 9.94. The molecule has 4 aromatic rings. The molecular weight excluding hydrogens is 511 g/mol. The summed E-state index contributed by atoms with van der Waals surface area (Å²) >= 11 is 1.06. The molecule has 5 rings (SSSR count). The normalized spacial score (nSPS) is 16.7. The fourth-order valence-electron chi connectivity index (χ4n) is 4.47. The van der Waals surface area contributed by atoms with Crippen molar-refractivity contribution in [3.05, 3.63) is 83.2 Å². The Hall–Kier alpha value is -4.44. The van der Waals surface area contributed by atoms with Gasteiger partial charge in [-0.2, -0.15) is 0 Å². The van der Waals surface area contributed by atoms with E-state index in [1.54, 1.807) is 42.5 Å². The van der Waals surface area contributed by atoms with Gasteiger partial charge in [-0.15, -0.1) is 0 Å². The average Bonchev–Trinajstić information content (AvgIpc) is 3.45. The van der Waals surface area contributed by atoms with Gasteiger partial charge >= 0.3 is 5.91 Å². The highest BCUT2D eigenvalue weighted by molar-refractivity contribution is 7.22. The highest BCUT2D eigenvalue weighted by Gasteiger charge is 2.49. The molecule has 0 aliphatic carbocycles. The van der Waals surface area contributed by atoms with Gasteiger partial charge in [-0.1, -0.05) is 23.5 Å². The number of rotatable bonds is 7. The third-order valence-corrected chi connectivity index (χ3v) is 7.17. The summed E-state index contributed by atoms with van der Waals surface area (Å²) in [5, 5.41) is 11.6. The van der Waals surface area contributed by atoms with Gasteiger partial charge in [0.15, 0.2) is 16.6 Å². The van der Waals surface area contributed by atoms with E-state index >= 15 is 0 Å². The number of carbonyl (C=O) groups excluding carboxylic acids is 2. The summed E-state index contributed by atoms with van der Waals surface area (Å²) in [6, 6.07) is 14.6. The first-order chi connectivity index (χ1) is 18.4. The van der Waals surface area contributed by atoms with Gasteiger partial charge in [-0.3, -0.25) is 14.5 Å². The number of aliphatic hydroxyl groups is 1. The standard InChI is InChI=1S/C28H23FN2O6S/c1-4-37-17-11-8-15(9-12-17)24(32)22-23(18-6-5-7-20(35-2)26(18)36-3)31(27(34)25(22)33)28-30-19-13-10-16(29)14-21(19)38-28/h5-14,23,32H,4H2,1-3H3. The number of fused-ring (bicyclic) bond motifs is 1. The summed E-state index contributed by atoms with van der Waals surface area (Å²) in [5.74, 6) is -1.33. The van der Waals surface area contributed by atoms with Crippen LogP contribution in [-0.4, -0.2) is 42.6 Å². The van der Waals surface area contributed by atoms with Crippen LogP contribution in [0.3, 0.4) is 0 Å². The highest BCUT2D eigenvalue weighted by Crippen LogP contribution is 2.48. The number of thiazole rings is 1. The molecule has 1 aliphatic heterocycles. The second-order valence-corrected chi connectivity index (χ2v) is 9.33. The first kappa shape index (κ1) is 25.2. The third-order valence-electron chi connectivity index (χ3n) is 6.16. The molecule has 38 heavy (non-hydrogen) atoms. The van der Waals surface area contributed by atoms with Crippen LogP contribution in [-0.2, 0) is 9.59 Å². The van der Waals surface area contributed by atoms with Crippen LogP contribution in [0.15, 0.2) is 66.2 Å². The molecule has 1 atom stereocenters. The van der Waals surface area contributed by atoms with Crippen molar-refractivity contribution < 1.29 is 33.3 Å². The van der Waals surface area contributed by atoms with Crippen molar-refractivity contribution in [2.24, 2.45) is 0 Å². The number of halogens is 1. The monoisotopic (exact) mass is 534 g/mol. The number of methoxy groups -OCH3 is 2. The molecule has 1 fully saturated rings. The van der Waals surface area contributed by atoms with E-state index in [-0.39, 0.29) is 22.2 Å². The van der Waals surface area contributed by atoms with Crippen LogP contribution in [0.25, 0.3) is 16.0 Å². The van der Waals surface area contributed by atoms with E-state index in [2.05, 4.69) is 4.98 Å². The van der Waals surface area contributed by atoms with E-state index in [1.165, 1.54) is 37.3 Å². The predicted octanol–water partition coefficient (Wildman–Crippen LogP) is 5.48. The zero-order valence-electron chi connectivity index (χ0n) is 20.7. The van der Waals surface area contributed by atoms with Gasteiger partial charge in [0.25, 0.3) is 5.78 Å². The van der Waals surface area contributed by atoms with Crippen LogP contribution in [0.2, 0.25) is 0 Å². The summed E-state index contributed by atoms with van der Waals surface area (Å²) in [6.07, 6.45) is 0. The van der Waals surface area contributed by atoms with Crippen molar-refractivity contribution in [3.63, 3.8) is 0 Å². The first-order valence-electron chi connectivity index (χ1n) is 11.7. The van der Waals surface area contributed by atoms with Gasteiger partial charge in [0.1, 0.15) is 23.4 Å². The maximum absolute atomic E-state index is 13.9. The molecule has 2 heterocycles. The number of ketones is 1. The van der Waals surface area contributed by atoms with E-state index in [0.29, 0.717) is 39.4 Å². The molecule has 0 saturated carbocycles. The second-order valence-electron chi connectivity index (χ2n) is 8.32. The number of para-hydroxylation sites is 1. The minimum Gasteiger partial charge on any atom is -0.507 e. The Bertz CT molecular complexity index is 1580. The highest BCUT2D eigenvalue weighted by atomic mass is 32.1. The topological polar surface area (TPSA) is 98.2 Å². The number of hydrogen-bond acceptors (Lipinski definition) is 8.